The number of nitro benzene ring substituents is 1. The number of sulfonamides is 1. The highest BCUT2D eigenvalue weighted by Gasteiger charge is 2.29. The van der Waals surface area contributed by atoms with Crippen molar-refractivity contribution in [3.8, 4) is 0 Å². The minimum Gasteiger partial charge on any atom is -0.369 e. The molecular formula is C21H25BrN4O4S. The third-order valence-electron chi connectivity index (χ3n) is 5.91. The van der Waals surface area contributed by atoms with Gasteiger partial charge in [-0.2, -0.15) is 4.31 Å². The van der Waals surface area contributed by atoms with Crippen molar-refractivity contribution in [2.24, 2.45) is 0 Å². The Kier molecular flexibility index (Phi) is 6.49. The van der Waals surface area contributed by atoms with Gasteiger partial charge in [-0.1, -0.05) is 15.9 Å². The summed E-state index contributed by atoms with van der Waals surface area (Å²) in [6.07, 6.45) is 3.22. The van der Waals surface area contributed by atoms with Gasteiger partial charge in [0.25, 0.3) is 5.69 Å². The van der Waals surface area contributed by atoms with E-state index in [-0.39, 0.29) is 15.5 Å². The lowest BCUT2D eigenvalue weighted by Gasteiger charge is -2.36. The zero-order valence-electron chi connectivity index (χ0n) is 17.1. The summed E-state index contributed by atoms with van der Waals surface area (Å²) in [5.74, 6) is 0. The zero-order valence-corrected chi connectivity index (χ0v) is 19.5. The van der Waals surface area contributed by atoms with Crippen LogP contribution >= 0.6 is 15.9 Å². The molecule has 2 aliphatic rings. The highest BCUT2D eigenvalue weighted by molar-refractivity contribution is 9.10. The number of hydrogen-bond donors (Lipinski definition) is 0. The molecule has 2 aromatic carbocycles. The van der Waals surface area contributed by atoms with E-state index in [1.165, 1.54) is 4.31 Å². The van der Waals surface area contributed by atoms with Gasteiger partial charge in [-0.15, -0.1) is 0 Å². The van der Waals surface area contributed by atoms with Gasteiger partial charge >= 0.3 is 0 Å². The summed E-state index contributed by atoms with van der Waals surface area (Å²) in [4.78, 5) is 15.7. The van der Waals surface area contributed by atoms with Gasteiger partial charge in [-0.3, -0.25) is 10.1 Å². The Balaban J connectivity index is 1.50. The highest BCUT2D eigenvalue weighted by atomic mass is 79.9. The summed E-state index contributed by atoms with van der Waals surface area (Å²) in [6.45, 7) is 3.45. The Morgan fingerprint density at radius 1 is 0.839 bits per heavy atom. The van der Waals surface area contributed by atoms with E-state index in [0.29, 0.717) is 31.9 Å². The molecule has 2 heterocycles. The van der Waals surface area contributed by atoms with Crippen LogP contribution in [-0.2, 0) is 10.0 Å². The number of rotatable bonds is 5. The molecule has 0 N–H and O–H groups in total. The number of anilines is 2. The minimum atomic E-state index is -3.54. The number of benzene rings is 2. The normalized spacial score (nSPS) is 18.2. The molecule has 0 spiro atoms. The van der Waals surface area contributed by atoms with Crippen molar-refractivity contribution in [3.63, 3.8) is 0 Å². The molecule has 31 heavy (non-hydrogen) atoms. The minimum absolute atomic E-state index is 0.127. The van der Waals surface area contributed by atoms with Gasteiger partial charge in [-0.25, -0.2) is 8.42 Å². The van der Waals surface area contributed by atoms with Gasteiger partial charge in [0.15, 0.2) is 0 Å². The molecule has 0 unspecified atom stereocenters. The van der Waals surface area contributed by atoms with E-state index in [9.17, 15) is 18.5 Å². The number of nitrogens with zero attached hydrogens (tertiary/aromatic N) is 4. The first-order valence-corrected chi connectivity index (χ1v) is 12.6. The van der Waals surface area contributed by atoms with Crippen LogP contribution in [-0.4, -0.2) is 56.9 Å². The van der Waals surface area contributed by atoms with E-state index in [1.807, 2.05) is 6.07 Å². The molecule has 10 heteroatoms. The topological polar surface area (TPSA) is 87.0 Å². The number of piperidine rings is 1. The maximum Gasteiger partial charge on any atom is 0.292 e. The van der Waals surface area contributed by atoms with Crippen molar-refractivity contribution >= 4 is 43.0 Å². The maximum absolute atomic E-state index is 12.9. The smallest absolute Gasteiger partial charge is 0.292 e. The molecule has 0 radical (unpaired) electrons. The summed E-state index contributed by atoms with van der Waals surface area (Å²) >= 11 is 3.33. The van der Waals surface area contributed by atoms with E-state index in [4.69, 9.17) is 0 Å². The summed E-state index contributed by atoms with van der Waals surface area (Å²) < 4.78 is 28.2. The third kappa shape index (κ3) is 4.70. The summed E-state index contributed by atoms with van der Waals surface area (Å²) in [6, 6.07) is 11.9. The first-order chi connectivity index (χ1) is 14.9. The van der Waals surface area contributed by atoms with Gasteiger partial charge in [-0.05, 0) is 55.7 Å². The molecule has 0 aliphatic carbocycles. The average Bonchev–Trinajstić information content (AvgIpc) is 2.79. The van der Waals surface area contributed by atoms with Crippen molar-refractivity contribution in [1.82, 2.24) is 4.31 Å². The molecule has 0 bridgehead atoms. The predicted molar refractivity (Wildman–Crippen MR) is 124 cm³/mol. The summed E-state index contributed by atoms with van der Waals surface area (Å²) in [5.41, 5.74) is 1.68. The van der Waals surface area contributed by atoms with Crippen molar-refractivity contribution in [2.45, 2.75) is 24.2 Å². The Morgan fingerprint density at radius 2 is 1.48 bits per heavy atom. The predicted octanol–water partition coefficient (Wildman–Crippen LogP) is 3.86. The van der Waals surface area contributed by atoms with Crippen LogP contribution in [0, 0.1) is 10.1 Å². The van der Waals surface area contributed by atoms with Crippen LogP contribution in [0.4, 0.5) is 17.1 Å². The third-order valence-corrected chi connectivity index (χ3v) is 8.35. The molecular weight excluding hydrogens is 484 g/mol. The second kappa shape index (κ2) is 9.13. The number of hydrogen-bond acceptors (Lipinski definition) is 6. The highest BCUT2D eigenvalue weighted by Crippen LogP contribution is 2.35. The number of nitro groups is 1. The molecule has 0 aromatic heterocycles. The van der Waals surface area contributed by atoms with Crippen LogP contribution in [0.2, 0.25) is 0 Å². The lowest BCUT2D eigenvalue weighted by molar-refractivity contribution is -0.384. The molecule has 0 atom stereocenters. The monoisotopic (exact) mass is 508 g/mol. The first kappa shape index (κ1) is 22.0. The van der Waals surface area contributed by atoms with Crippen molar-refractivity contribution in [2.75, 3.05) is 49.1 Å². The molecule has 8 nitrogen and oxygen atoms in total. The average molecular weight is 509 g/mol. The van der Waals surface area contributed by atoms with E-state index < -0.39 is 10.0 Å². The van der Waals surface area contributed by atoms with Crippen molar-refractivity contribution in [3.05, 3.63) is 57.1 Å². The molecule has 166 valence electrons. The summed E-state index contributed by atoms with van der Waals surface area (Å²) in [7, 11) is -3.54. The molecule has 2 aromatic rings. The lowest BCUT2D eigenvalue weighted by Crippen LogP contribution is -2.48. The van der Waals surface area contributed by atoms with Crippen LogP contribution in [0.5, 0.6) is 0 Å². The Bertz CT molecular complexity index is 1050. The van der Waals surface area contributed by atoms with Gasteiger partial charge in [0.2, 0.25) is 10.0 Å². The Labute approximate surface area is 190 Å². The van der Waals surface area contributed by atoms with Crippen LogP contribution < -0.4 is 9.80 Å². The first-order valence-electron chi connectivity index (χ1n) is 10.4. The number of piperazine rings is 1. The van der Waals surface area contributed by atoms with Gasteiger partial charge < -0.3 is 9.80 Å². The molecule has 0 amide bonds. The quantitative estimate of drug-likeness (QED) is 0.450. The standard InChI is InChI=1S/C21H25BrN4O4S/c22-17-4-7-19(8-5-17)31(29,30)25-14-12-23(13-15-25)18-6-9-20(26(27)28)21(16-18)24-10-2-1-3-11-24/h4-9,16H,1-3,10-15H2. The van der Waals surface area contributed by atoms with E-state index in [0.717, 1.165) is 42.5 Å². The summed E-state index contributed by atoms with van der Waals surface area (Å²) in [5, 5.41) is 11.6. The van der Waals surface area contributed by atoms with E-state index in [1.54, 1.807) is 36.4 Å². The van der Waals surface area contributed by atoms with E-state index >= 15 is 0 Å². The van der Waals surface area contributed by atoms with Crippen molar-refractivity contribution in [1.29, 1.82) is 0 Å². The lowest BCUT2D eigenvalue weighted by atomic mass is 10.1. The van der Waals surface area contributed by atoms with Gasteiger partial charge in [0.1, 0.15) is 5.69 Å². The Hall–Kier alpha value is -2.17. The second-order valence-electron chi connectivity index (χ2n) is 7.82. The number of halogens is 1. The van der Waals surface area contributed by atoms with Gasteiger partial charge in [0, 0.05) is 55.5 Å². The molecule has 2 aliphatic heterocycles. The fourth-order valence-electron chi connectivity index (χ4n) is 4.19. The fraction of sp³-hybridized carbons (Fsp3) is 0.429. The van der Waals surface area contributed by atoms with Gasteiger partial charge in [0.05, 0.1) is 9.82 Å². The zero-order chi connectivity index (χ0) is 22.0. The maximum atomic E-state index is 12.9. The Morgan fingerprint density at radius 3 is 2.10 bits per heavy atom. The van der Waals surface area contributed by atoms with Crippen LogP contribution in [0.3, 0.4) is 0 Å². The fourth-order valence-corrected chi connectivity index (χ4v) is 5.88. The van der Waals surface area contributed by atoms with E-state index in [2.05, 4.69) is 25.7 Å². The van der Waals surface area contributed by atoms with Crippen LogP contribution in [0.25, 0.3) is 0 Å². The molecule has 2 fully saturated rings. The largest absolute Gasteiger partial charge is 0.369 e. The van der Waals surface area contributed by atoms with Crippen LogP contribution in [0.1, 0.15) is 19.3 Å². The van der Waals surface area contributed by atoms with Crippen molar-refractivity contribution < 1.29 is 13.3 Å². The SMILES string of the molecule is O=[N+]([O-])c1ccc(N2CCN(S(=O)(=O)c3ccc(Br)cc3)CC2)cc1N1CCCCC1. The van der Waals surface area contributed by atoms with Crippen LogP contribution in [0.15, 0.2) is 51.8 Å². The molecule has 0 saturated carbocycles. The molecule has 2 saturated heterocycles. The molecule has 4 rings (SSSR count). The second-order valence-corrected chi connectivity index (χ2v) is 10.7.